The van der Waals surface area contributed by atoms with Gasteiger partial charge < -0.3 is 16.0 Å². The summed E-state index contributed by atoms with van der Waals surface area (Å²) in [6.45, 7) is 0.250. The first-order chi connectivity index (χ1) is 16.2. The average molecular weight is 529 g/mol. The van der Waals surface area contributed by atoms with Crippen LogP contribution in [0.1, 0.15) is 42.5 Å². The number of rotatable bonds is 5. The van der Waals surface area contributed by atoms with Gasteiger partial charge in [0, 0.05) is 30.7 Å². The van der Waals surface area contributed by atoms with Crippen molar-refractivity contribution in [3.8, 4) is 0 Å². The molecular formula is C22H26ClFN4O4S2. The van der Waals surface area contributed by atoms with Crippen molar-refractivity contribution < 1.29 is 22.4 Å². The number of carbonyl (C=O) groups is 2. The molecule has 3 N–H and O–H groups in total. The van der Waals surface area contributed by atoms with Crippen LogP contribution < -0.4 is 11.1 Å². The lowest BCUT2D eigenvalue weighted by molar-refractivity contribution is -0.132. The van der Waals surface area contributed by atoms with Gasteiger partial charge in [0.1, 0.15) is 10.0 Å². The lowest BCUT2D eigenvalue weighted by atomic mass is 9.92. The van der Waals surface area contributed by atoms with Gasteiger partial charge in [0.15, 0.2) is 6.17 Å². The highest BCUT2D eigenvalue weighted by Gasteiger charge is 2.45. The van der Waals surface area contributed by atoms with E-state index in [0.29, 0.717) is 23.6 Å². The first kappa shape index (κ1) is 25.1. The Hall–Kier alpha value is -2.05. The van der Waals surface area contributed by atoms with Crippen LogP contribution in [0, 0.1) is 5.82 Å². The molecule has 184 valence electrons. The van der Waals surface area contributed by atoms with E-state index in [2.05, 4.69) is 5.32 Å². The number of sulfonamides is 1. The molecule has 1 saturated carbocycles. The molecule has 4 rings (SSSR count). The van der Waals surface area contributed by atoms with Crippen molar-refractivity contribution in [1.29, 1.82) is 0 Å². The molecule has 0 spiro atoms. The summed E-state index contributed by atoms with van der Waals surface area (Å²) in [6, 6.07) is 7.74. The van der Waals surface area contributed by atoms with Gasteiger partial charge >= 0.3 is 0 Å². The normalized spacial score (nSPS) is 24.1. The molecule has 2 aromatic rings. The molecule has 1 unspecified atom stereocenters. The Labute approximate surface area is 206 Å². The minimum absolute atomic E-state index is 0.00461. The van der Waals surface area contributed by atoms with Crippen molar-refractivity contribution in [3.63, 3.8) is 0 Å². The molecule has 1 aromatic carbocycles. The van der Waals surface area contributed by atoms with Crippen LogP contribution in [0.4, 0.5) is 4.39 Å². The average Bonchev–Trinajstić information content (AvgIpc) is 3.27. The molecule has 2 aliphatic rings. The van der Waals surface area contributed by atoms with E-state index in [0.717, 1.165) is 40.6 Å². The molecule has 1 aliphatic carbocycles. The summed E-state index contributed by atoms with van der Waals surface area (Å²) in [5.41, 5.74) is 6.13. The number of nitrogens with zero attached hydrogens (tertiary/aromatic N) is 2. The van der Waals surface area contributed by atoms with Crippen LogP contribution in [0.5, 0.6) is 0 Å². The largest absolute Gasteiger partial charge is 0.350 e. The highest BCUT2D eigenvalue weighted by atomic mass is 35.5. The van der Waals surface area contributed by atoms with Crippen molar-refractivity contribution in [2.45, 2.75) is 54.6 Å². The lowest BCUT2D eigenvalue weighted by Gasteiger charge is -2.42. The number of benzene rings is 1. The standard InChI is InChI=1S/C22H26ClFN4O4S2/c23-18-10-11-19(33-18)34(31,32)28-13-1-12-27(22(30)14-2-4-15(24)5-3-14)21(28)20(29)26-17-8-6-16(25)7-9-17/h2-5,10-11,16-17,21H,1,6-9,12-13,25H2,(H,26,29). The molecule has 8 nitrogen and oxygen atoms in total. The van der Waals surface area contributed by atoms with E-state index >= 15 is 0 Å². The van der Waals surface area contributed by atoms with E-state index in [1.165, 1.54) is 29.2 Å². The smallest absolute Gasteiger partial charge is 0.259 e. The first-order valence-corrected chi connectivity index (χ1v) is 13.7. The number of hydrogen-bond donors (Lipinski definition) is 2. The third kappa shape index (κ3) is 5.28. The van der Waals surface area contributed by atoms with Gasteiger partial charge in [0.05, 0.1) is 4.34 Å². The summed E-state index contributed by atoms with van der Waals surface area (Å²) in [4.78, 5) is 28.1. The van der Waals surface area contributed by atoms with Gasteiger partial charge in [-0.05, 0) is 68.5 Å². The SMILES string of the molecule is NC1CCC(NC(=O)C2N(C(=O)c3ccc(F)cc3)CCCN2S(=O)(=O)c2ccc(Cl)s2)CC1. The number of hydrogen-bond acceptors (Lipinski definition) is 6. The van der Waals surface area contributed by atoms with Crippen molar-refractivity contribution >= 4 is 44.8 Å². The molecule has 2 fully saturated rings. The van der Waals surface area contributed by atoms with Gasteiger partial charge in [0.25, 0.3) is 21.8 Å². The molecule has 1 aliphatic heterocycles. The Morgan fingerprint density at radius 3 is 2.35 bits per heavy atom. The fraction of sp³-hybridized carbons (Fsp3) is 0.455. The Kier molecular flexibility index (Phi) is 7.58. The van der Waals surface area contributed by atoms with Crippen molar-refractivity contribution in [2.24, 2.45) is 5.73 Å². The van der Waals surface area contributed by atoms with Gasteiger partial charge in [-0.2, -0.15) is 4.31 Å². The molecule has 0 radical (unpaired) electrons. The van der Waals surface area contributed by atoms with Crippen LogP contribution in [-0.2, 0) is 14.8 Å². The van der Waals surface area contributed by atoms with Gasteiger partial charge in [-0.15, -0.1) is 11.3 Å². The maximum Gasteiger partial charge on any atom is 0.259 e. The molecule has 2 amide bonds. The lowest BCUT2D eigenvalue weighted by Crippen LogP contribution is -2.64. The summed E-state index contributed by atoms with van der Waals surface area (Å²) in [5.74, 6) is -1.62. The molecule has 34 heavy (non-hydrogen) atoms. The highest BCUT2D eigenvalue weighted by Crippen LogP contribution is 2.32. The maximum atomic E-state index is 13.5. The summed E-state index contributed by atoms with van der Waals surface area (Å²) in [6.07, 6.45) is 1.82. The monoisotopic (exact) mass is 528 g/mol. The highest BCUT2D eigenvalue weighted by molar-refractivity contribution is 7.91. The molecule has 0 bridgehead atoms. The first-order valence-electron chi connectivity index (χ1n) is 11.1. The third-order valence-corrected chi connectivity index (χ3v) is 9.71. The Balaban J connectivity index is 1.67. The molecule has 2 heterocycles. The zero-order valence-corrected chi connectivity index (χ0v) is 20.7. The Morgan fingerprint density at radius 1 is 1.06 bits per heavy atom. The van der Waals surface area contributed by atoms with E-state index < -0.39 is 33.8 Å². The fourth-order valence-corrected chi connectivity index (χ4v) is 7.59. The number of thiophene rings is 1. The number of nitrogens with two attached hydrogens (primary N) is 1. The molecular weight excluding hydrogens is 503 g/mol. The van der Waals surface area contributed by atoms with Crippen molar-refractivity contribution in [1.82, 2.24) is 14.5 Å². The second-order valence-corrected chi connectivity index (χ2v) is 12.4. The molecule has 1 saturated heterocycles. The second-order valence-electron chi connectivity index (χ2n) is 8.53. The fourth-order valence-electron chi connectivity index (χ4n) is 4.38. The van der Waals surface area contributed by atoms with E-state index in [1.807, 2.05) is 0 Å². The predicted octanol–water partition coefficient (Wildman–Crippen LogP) is 2.79. The molecule has 12 heteroatoms. The van der Waals surface area contributed by atoms with Gasteiger partial charge in [-0.3, -0.25) is 9.59 Å². The number of amides is 2. The second kappa shape index (κ2) is 10.3. The van der Waals surface area contributed by atoms with Crippen LogP contribution in [0.2, 0.25) is 4.34 Å². The predicted molar refractivity (Wildman–Crippen MR) is 127 cm³/mol. The van der Waals surface area contributed by atoms with Crippen LogP contribution in [0.25, 0.3) is 0 Å². The zero-order valence-electron chi connectivity index (χ0n) is 18.3. The topological polar surface area (TPSA) is 113 Å². The van der Waals surface area contributed by atoms with Crippen LogP contribution in [-0.4, -0.2) is 60.8 Å². The van der Waals surface area contributed by atoms with Crippen LogP contribution >= 0.6 is 22.9 Å². The van der Waals surface area contributed by atoms with Gasteiger partial charge in [0.2, 0.25) is 0 Å². The van der Waals surface area contributed by atoms with E-state index in [-0.39, 0.29) is 34.9 Å². The minimum Gasteiger partial charge on any atom is -0.350 e. The van der Waals surface area contributed by atoms with Crippen molar-refractivity contribution in [3.05, 3.63) is 52.1 Å². The molecule has 1 atom stereocenters. The Bertz CT molecular complexity index is 1150. The summed E-state index contributed by atoms with van der Waals surface area (Å²) in [5, 5.41) is 2.94. The van der Waals surface area contributed by atoms with E-state index in [1.54, 1.807) is 0 Å². The number of nitrogens with one attached hydrogen (secondary N) is 1. The van der Waals surface area contributed by atoms with Crippen LogP contribution in [0.15, 0.2) is 40.6 Å². The maximum absolute atomic E-state index is 13.5. The van der Waals surface area contributed by atoms with Crippen LogP contribution in [0.3, 0.4) is 0 Å². The third-order valence-electron chi connectivity index (χ3n) is 6.16. The number of carbonyl (C=O) groups excluding carboxylic acids is 2. The van der Waals surface area contributed by atoms with Gasteiger partial charge in [-0.1, -0.05) is 11.6 Å². The Morgan fingerprint density at radius 2 is 1.74 bits per heavy atom. The van der Waals surface area contributed by atoms with Crippen molar-refractivity contribution in [2.75, 3.05) is 13.1 Å². The van der Waals surface area contributed by atoms with Gasteiger partial charge in [-0.25, -0.2) is 12.8 Å². The summed E-state index contributed by atoms with van der Waals surface area (Å²) in [7, 11) is -4.11. The molecule has 1 aromatic heterocycles. The zero-order chi connectivity index (χ0) is 24.5. The minimum atomic E-state index is -4.11. The summed E-state index contributed by atoms with van der Waals surface area (Å²) >= 11 is 6.86. The van der Waals surface area contributed by atoms with E-state index in [9.17, 15) is 22.4 Å². The summed E-state index contributed by atoms with van der Waals surface area (Å²) < 4.78 is 41.7. The van der Waals surface area contributed by atoms with E-state index in [4.69, 9.17) is 17.3 Å². The number of halogens is 2. The quantitative estimate of drug-likeness (QED) is 0.619.